The van der Waals surface area contributed by atoms with Crippen molar-refractivity contribution < 1.29 is 23.9 Å². The molecule has 2 atom stereocenters. The van der Waals surface area contributed by atoms with E-state index in [1.54, 1.807) is 45.0 Å². The molecular formula is C23H36N4O5. The lowest BCUT2D eigenvalue weighted by Gasteiger charge is -2.31. The third kappa shape index (κ3) is 9.36. The summed E-state index contributed by atoms with van der Waals surface area (Å²) in [5, 5.41) is 5.38. The van der Waals surface area contributed by atoms with Gasteiger partial charge in [-0.1, -0.05) is 43.7 Å². The smallest absolute Gasteiger partial charge is 0.408 e. The van der Waals surface area contributed by atoms with Gasteiger partial charge >= 0.3 is 6.09 Å². The first-order valence-electron chi connectivity index (χ1n) is 10.8. The average molecular weight is 449 g/mol. The summed E-state index contributed by atoms with van der Waals surface area (Å²) < 4.78 is 5.25. The molecule has 4 amide bonds. The molecule has 1 rings (SSSR count). The molecule has 9 nitrogen and oxygen atoms in total. The van der Waals surface area contributed by atoms with Gasteiger partial charge in [0.1, 0.15) is 17.7 Å². The van der Waals surface area contributed by atoms with E-state index in [0.29, 0.717) is 12.1 Å². The standard InChI is InChI=1S/C23H36N4O5/c1-6-7-15-25-20(29)19(16-11-9-8-10-12-16)27(5)21(30)17(13-14-18(24)28)26-22(31)32-23(2,3)4/h8-12,17,19H,6-7,13-15H2,1-5H3,(H2,24,28)(H,25,29)(H,26,31). The van der Waals surface area contributed by atoms with Crippen molar-refractivity contribution in [1.29, 1.82) is 0 Å². The Morgan fingerprint density at radius 1 is 1.12 bits per heavy atom. The van der Waals surface area contributed by atoms with Gasteiger partial charge in [-0.3, -0.25) is 14.4 Å². The van der Waals surface area contributed by atoms with E-state index in [2.05, 4.69) is 10.6 Å². The van der Waals surface area contributed by atoms with Crippen LogP contribution in [-0.4, -0.2) is 54.0 Å². The van der Waals surface area contributed by atoms with Crippen LogP contribution in [0.15, 0.2) is 30.3 Å². The first kappa shape index (κ1) is 26.9. The zero-order chi connectivity index (χ0) is 24.3. The van der Waals surface area contributed by atoms with Crippen LogP contribution in [0.2, 0.25) is 0 Å². The van der Waals surface area contributed by atoms with Crippen LogP contribution in [0.5, 0.6) is 0 Å². The average Bonchev–Trinajstić information content (AvgIpc) is 2.70. The maximum atomic E-state index is 13.3. The molecule has 0 spiro atoms. The van der Waals surface area contributed by atoms with Crippen molar-refractivity contribution in [3.8, 4) is 0 Å². The number of primary amides is 1. The number of unbranched alkanes of at least 4 members (excludes halogenated alkanes) is 1. The molecular weight excluding hydrogens is 412 g/mol. The minimum atomic E-state index is -1.09. The lowest BCUT2D eigenvalue weighted by atomic mass is 10.0. The fourth-order valence-corrected chi connectivity index (χ4v) is 3.04. The quantitative estimate of drug-likeness (QED) is 0.447. The van der Waals surface area contributed by atoms with Gasteiger partial charge < -0.3 is 26.0 Å². The number of ether oxygens (including phenoxy) is 1. The molecule has 0 bridgehead atoms. The van der Waals surface area contributed by atoms with Gasteiger partial charge in [0.15, 0.2) is 0 Å². The van der Waals surface area contributed by atoms with E-state index in [1.165, 1.54) is 11.9 Å². The summed E-state index contributed by atoms with van der Waals surface area (Å²) in [6.07, 6.45) is 0.805. The van der Waals surface area contributed by atoms with E-state index in [4.69, 9.17) is 10.5 Å². The van der Waals surface area contributed by atoms with Gasteiger partial charge in [0.2, 0.25) is 17.7 Å². The zero-order valence-electron chi connectivity index (χ0n) is 19.6. The Hall–Kier alpha value is -3.10. The van der Waals surface area contributed by atoms with E-state index in [9.17, 15) is 19.2 Å². The molecule has 0 saturated heterocycles. The molecule has 4 N–H and O–H groups in total. The summed E-state index contributed by atoms with van der Waals surface area (Å²) in [5.74, 6) is -1.46. The number of rotatable bonds is 11. The van der Waals surface area contributed by atoms with Gasteiger partial charge in [-0.15, -0.1) is 0 Å². The van der Waals surface area contributed by atoms with Crippen molar-refractivity contribution in [3.05, 3.63) is 35.9 Å². The maximum Gasteiger partial charge on any atom is 0.408 e. The molecule has 0 heterocycles. The molecule has 0 aliphatic rings. The molecule has 0 saturated carbocycles. The fourth-order valence-electron chi connectivity index (χ4n) is 3.04. The Labute approximate surface area is 190 Å². The SMILES string of the molecule is CCCCNC(=O)C(c1ccccc1)N(C)C(=O)C(CCC(N)=O)NC(=O)OC(C)(C)C. The highest BCUT2D eigenvalue weighted by atomic mass is 16.6. The number of benzene rings is 1. The molecule has 0 aromatic heterocycles. The molecule has 0 aliphatic carbocycles. The molecule has 0 aliphatic heterocycles. The second kappa shape index (κ2) is 12.7. The Morgan fingerprint density at radius 3 is 2.28 bits per heavy atom. The van der Waals surface area contributed by atoms with Gasteiger partial charge in [-0.2, -0.15) is 0 Å². The molecule has 1 aromatic carbocycles. The molecule has 0 radical (unpaired) electrons. The molecule has 1 aromatic rings. The van der Waals surface area contributed by atoms with Crippen molar-refractivity contribution in [3.63, 3.8) is 0 Å². The van der Waals surface area contributed by atoms with Crippen LogP contribution in [0.4, 0.5) is 4.79 Å². The van der Waals surface area contributed by atoms with Crippen LogP contribution in [-0.2, 0) is 19.1 Å². The summed E-state index contributed by atoms with van der Waals surface area (Å²) in [6, 6.07) is 6.90. The number of likely N-dealkylation sites (N-methyl/N-ethyl adjacent to an activating group) is 1. The van der Waals surface area contributed by atoms with Gasteiger partial charge in [-0.25, -0.2) is 4.79 Å². The predicted octanol–water partition coefficient (Wildman–Crippen LogP) is 2.26. The highest BCUT2D eigenvalue weighted by molar-refractivity contribution is 5.92. The Kier molecular flexibility index (Phi) is 10.7. The summed E-state index contributed by atoms with van der Waals surface area (Å²) in [7, 11) is 1.49. The minimum Gasteiger partial charge on any atom is -0.444 e. The lowest BCUT2D eigenvalue weighted by molar-refractivity contribution is -0.141. The van der Waals surface area contributed by atoms with Crippen LogP contribution in [0.1, 0.15) is 65.0 Å². The molecule has 32 heavy (non-hydrogen) atoms. The molecule has 178 valence electrons. The van der Waals surface area contributed by atoms with E-state index < -0.39 is 35.6 Å². The van der Waals surface area contributed by atoms with Gasteiger partial charge in [0.25, 0.3) is 0 Å². The largest absolute Gasteiger partial charge is 0.444 e. The molecule has 2 unspecified atom stereocenters. The first-order valence-corrected chi connectivity index (χ1v) is 10.8. The van der Waals surface area contributed by atoms with Crippen LogP contribution >= 0.6 is 0 Å². The number of hydrogen-bond donors (Lipinski definition) is 3. The number of nitrogens with one attached hydrogen (secondary N) is 2. The second-order valence-electron chi connectivity index (χ2n) is 8.61. The van der Waals surface area contributed by atoms with Gasteiger partial charge in [-0.05, 0) is 39.2 Å². The van der Waals surface area contributed by atoms with Crippen LogP contribution in [0, 0.1) is 0 Å². The normalized spacial score (nSPS) is 12.9. The number of carbonyl (C=O) groups excluding carboxylic acids is 4. The van der Waals surface area contributed by atoms with Crippen LogP contribution in [0.3, 0.4) is 0 Å². The molecule has 9 heteroatoms. The predicted molar refractivity (Wildman–Crippen MR) is 121 cm³/mol. The highest BCUT2D eigenvalue weighted by Crippen LogP contribution is 2.21. The van der Waals surface area contributed by atoms with Crippen molar-refractivity contribution in [2.75, 3.05) is 13.6 Å². The van der Waals surface area contributed by atoms with E-state index >= 15 is 0 Å². The summed E-state index contributed by atoms with van der Waals surface area (Å²) in [5.41, 5.74) is 5.11. The summed E-state index contributed by atoms with van der Waals surface area (Å²) in [4.78, 5) is 51.2. The summed E-state index contributed by atoms with van der Waals surface area (Å²) >= 11 is 0. The molecule has 0 fully saturated rings. The van der Waals surface area contributed by atoms with Crippen molar-refractivity contribution in [2.24, 2.45) is 5.73 Å². The number of amides is 4. The topological polar surface area (TPSA) is 131 Å². The van der Waals surface area contributed by atoms with Crippen LogP contribution in [0.25, 0.3) is 0 Å². The third-order valence-electron chi connectivity index (χ3n) is 4.60. The van der Waals surface area contributed by atoms with E-state index in [-0.39, 0.29) is 18.7 Å². The fraction of sp³-hybridized carbons (Fsp3) is 0.565. The number of hydrogen-bond acceptors (Lipinski definition) is 5. The Bertz CT molecular complexity index is 776. The third-order valence-corrected chi connectivity index (χ3v) is 4.60. The highest BCUT2D eigenvalue weighted by Gasteiger charge is 2.34. The Balaban J connectivity index is 3.13. The van der Waals surface area contributed by atoms with Crippen LogP contribution < -0.4 is 16.4 Å². The number of nitrogens with zero attached hydrogens (tertiary/aromatic N) is 1. The van der Waals surface area contributed by atoms with Crippen molar-refractivity contribution in [1.82, 2.24) is 15.5 Å². The Morgan fingerprint density at radius 2 is 1.75 bits per heavy atom. The minimum absolute atomic E-state index is 0.0171. The lowest BCUT2D eigenvalue weighted by Crippen LogP contribution is -2.52. The van der Waals surface area contributed by atoms with Crippen molar-refractivity contribution in [2.45, 2.75) is 71.1 Å². The summed E-state index contributed by atoms with van der Waals surface area (Å²) in [6.45, 7) is 7.60. The van der Waals surface area contributed by atoms with E-state index in [0.717, 1.165) is 12.8 Å². The van der Waals surface area contributed by atoms with E-state index in [1.807, 2.05) is 13.0 Å². The number of nitrogens with two attached hydrogens (primary N) is 1. The monoisotopic (exact) mass is 448 g/mol. The first-order chi connectivity index (χ1) is 15.0. The maximum absolute atomic E-state index is 13.3. The second-order valence-corrected chi connectivity index (χ2v) is 8.61. The van der Waals surface area contributed by atoms with Gasteiger partial charge in [0, 0.05) is 20.0 Å². The number of carbonyl (C=O) groups is 4. The number of alkyl carbamates (subject to hydrolysis) is 1. The van der Waals surface area contributed by atoms with Gasteiger partial charge in [0.05, 0.1) is 0 Å². The zero-order valence-corrected chi connectivity index (χ0v) is 19.6. The van der Waals surface area contributed by atoms with Crippen molar-refractivity contribution >= 4 is 23.8 Å².